The van der Waals surface area contributed by atoms with Crippen molar-refractivity contribution in [2.75, 3.05) is 54.4 Å². The predicted molar refractivity (Wildman–Crippen MR) is 115 cm³/mol. The van der Waals surface area contributed by atoms with Crippen LogP contribution in [0.1, 0.15) is 26.7 Å². The number of carbonyl (C=O) groups is 1. The van der Waals surface area contributed by atoms with Crippen molar-refractivity contribution in [1.29, 1.82) is 0 Å². The van der Waals surface area contributed by atoms with E-state index in [1.807, 2.05) is 4.90 Å². The van der Waals surface area contributed by atoms with Crippen LogP contribution in [0.25, 0.3) is 0 Å². The van der Waals surface area contributed by atoms with E-state index in [-0.39, 0.29) is 5.91 Å². The number of piperidine rings is 1. The van der Waals surface area contributed by atoms with Crippen molar-refractivity contribution in [3.8, 4) is 0 Å². The van der Waals surface area contributed by atoms with Crippen LogP contribution in [0.15, 0.2) is 30.5 Å². The Balaban J connectivity index is 1.37. The topological polar surface area (TPSA) is 77.5 Å². The summed E-state index contributed by atoms with van der Waals surface area (Å²) in [5.41, 5.74) is 2.25. The second-order valence-corrected chi connectivity index (χ2v) is 7.98. The molecule has 2 aliphatic rings. The zero-order chi connectivity index (χ0) is 20.2. The summed E-state index contributed by atoms with van der Waals surface area (Å²) in [5, 5.41) is 11.6. The number of nitrogens with one attached hydrogen (secondary N) is 1. The highest BCUT2D eigenvalue weighted by atomic mass is 16.2. The number of benzene rings is 1. The van der Waals surface area contributed by atoms with Crippen LogP contribution in [-0.2, 0) is 4.79 Å². The monoisotopic (exact) mass is 395 g/mol. The number of hydrogen-bond donors (Lipinski definition) is 1. The van der Waals surface area contributed by atoms with Gasteiger partial charge in [-0.15, -0.1) is 5.10 Å². The molecule has 8 nitrogen and oxygen atoms in total. The molecule has 2 saturated heterocycles. The molecule has 2 fully saturated rings. The van der Waals surface area contributed by atoms with Gasteiger partial charge < -0.3 is 20.0 Å². The molecule has 3 heterocycles. The van der Waals surface area contributed by atoms with E-state index in [0.29, 0.717) is 37.9 Å². The molecule has 0 aliphatic carbocycles. The van der Waals surface area contributed by atoms with E-state index < -0.39 is 0 Å². The number of carbonyl (C=O) groups excluding carboxylic acids is 1. The lowest BCUT2D eigenvalue weighted by molar-refractivity contribution is -0.129. The lowest BCUT2D eigenvalue weighted by Crippen LogP contribution is -2.48. The molecule has 4 rings (SSSR count). The van der Waals surface area contributed by atoms with Gasteiger partial charge in [0.25, 0.3) is 0 Å². The van der Waals surface area contributed by atoms with Gasteiger partial charge in [-0.2, -0.15) is 10.1 Å². The Bertz CT molecular complexity index is 825. The Morgan fingerprint density at radius 2 is 1.69 bits per heavy atom. The normalized spacial score (nSPS) is 18.1. The van der Waals surface area contributed by atoms with Crippen molar-refractivity contribution >= 4 is 29.0 Å². The maximum Gasteiger partial charge on any atom is 0.247 e. The Morgan fingerprint density at radius 1 is 1.00 bits per heavy atom. The third-order valence-electron chi connectivity index (χ3n) is 5.84. The molecular formula is C21H29N7O. The lowest BCUT2D eigenvalue weighted by Gasteiger charge is -2.33. The summed E-state index contributed by atoms with van der Waals surface area (Å²) in [6.07, 6.45) is 4.15. The van der Waals surface area contributed by atoms with Gasteiger partial charge >= 0.3 is 0 Å². The number of aromatic nitrogens is 3. The summed E-state index contributed by atoms with van der Waals surface area (Å²) in [7, 11) is 0. The quantitative estimate of drug-likeness (QED) is 0.852. The summed E-state index contributed by atoms with van der Waals surface area (Å²) < 4.78 is 0. The highest BCUT2D eigenvalue weighted by molar-refractivity contribution is 5.73. The molecule has 29 heavy (non-hydrogen) atoms. The summed E-state index contributed by atoms with van der Waals surface area (Å²) in [6, 6.07) is 8.49. The molecule has 0 atom stereocenters. The first-order valence-electron chi connectivity index (χ1n) is 10.4. The van der Waals surface area contributed by atoms with E-state index >= 15 is 0 Å². The van der Waals surface area contributed by atoms with Crippen LogP contribution >= 0.6 is 0 Å². The van der Waals surface area contributed by atoms with Gasteiger partial charge in [0.05, 0.1) is 6.20 Å². The fraction of sp³-hybridized carbons (Fsp3) is 0.524. The van der Waals surface area contributed by atoms with Crippen molar-refractivity contribution in [3.63, 3.8) is 0 Å². The average molecular weight is 396 g/mol. The van der Waals surface area contributed by atoms with E-state index in [9.17, 15) is 4.79 Å². The number of hydrogen-bond acceptors (Lipinski definition) is 7. The highest BCUT2D eigenvalue weighted by Crippen LogP contribution is 2.25. The number of amides is 1. The van der Waals surface area contributed by atoms with E-state index in [1.165, 1.54) is 18.5 Å². The third-order valence-corrected chi connectivity index (χ3v) is 5.84. The average Bonchev–Trinajstić information content (AvgIpc) is 2.75. The minimum Gasteiger partial charge on any atom is -0.372 e. The smallest absolute Gasteiger partial charge is 0.247 e. The summed E-state index contributed by atoms with van der Waals surface area (Å²) in [6.45, 7) is 9.00. The lowest BCUT2D eigenvalue weighted by atomic mass is 9.99. The van der Waals surface area contributed by atoms with Crippen molar-refractivity contribution in [2.24, 2.45) is 5.92 Å². The Labute approximate surface area is 171 Å². The molecule has 8 heteroatoms. The molecule has 1 aromatic carbocycles. The highest BCUT2D eigenvalue weighted by Gasteiger charge is 2.21. The van der Waals surface area contributed by atoms with Crippen molar-refractivity contribution in [3.05, 3.63) is 30.5 Å². The molecule has 154 valence electrons. The number of rotatable bonds is 4. The predicted octanol–water partition coefficient (Wildman–Crippen LogP) is 2.52. The molecule has 0 spiro atoms. The van der Waals surface area contributed by atoms with Crippen LogP contribution in [0.4, 0.5) is 23.1 Å². The minimum absolute atomic E-state index is 0.113. The first-order chi connectivity index (χ1) is 14.1. The standard InChI is InChI=1S/C21H29N7O/c1-16-7-9-27(10-8-16)19-5-3-18(4-6-19)23-20-15-22-25-21(24-20)28-13-11-26(12-14-28)17(2)29/h3-6,15-16H,7-14H2,1-2H3,(H,23,24,25). The second kappa shape index (κ2) is 8.63. The minimum atomic E-state index is 0.113. The van der Waals surface area contributed by atoms with Gasteiger partial charge in [0.15, 0.2) is 5.82 Å². The van der Waals surface area contributed by atoms with Gasteiger partial charge in [-0.3, -0.25) is 4.79 Å². The van der Waals surface area contributed by atoms with Crippen LogP contribution in [0.5, 0.6) is 0 Å². The first kappa shape index (κ1) is 19.4. The first-order valence-corrected chi connectivity index (χ1v) is 10.4. The largest absolute Gasteiger partial charge is 0.372 e. The zero-order valence-corrected chi connectivity index (χ0v) is 17.2. The Morgan fingerprint density at radius 3 is 2.34 bits per heavy atom. The summed E-state index contributed by atoms with van der Waals surface area (Å²) in [5.74, 6) is 2.21. The van der Waals surface area contributed by atoms with Gasteiger partial charge in [0, 0.05) is 57.6 Å². The van der Waals surface area contributed by atoms with Crippen molar-refractivity contribution < 1.29 is 4.79 Å². The van der Waals surface area contributed by atoms with Crippen molar-refractivity contribution in [2.45, 2.75) is 26.7 Å². The third kappa shape index (κ3) is 4.75. The molecule has 0 radical (unpaired) electrons. The van der Waals surface area contributed by atoms with Gasteiger partial charge in [0.2, 0.25) is 11.9 Å². The Hall–Kier alpha value is -2.90. The van der Waals surface area contributed by atoms with Crippen molar-refractivity contribution in [1.82, 2.24) is 20.1 Å². The van der Waals surface area contributed by atoms with Gasteiger partial charge in [-0.25, -0.2) is 0 Å². The molecule has 2 aromatic rings. The second-order valence-electron chi connectivity index (χ2n) is 7.98. The fourth-order valence-corrected chi connectivity index (χ4v) is 3.88. The van der Waals surface area contributed by atoms with Crippen LogP contribution in [0.2, 0.25) is 0 Å². The molecule has 0 unspecified atom stereocenters. The number of piperazine rings is 1. The molecule has 1 N–H and O–H groups in total. The van der Waals surface area contributed by atoms with E-state index in [1.54, 1.807) is 13.1 Å². The van der Waals surface area contributed by atoms with Gasteiger partial charge in [-0.1, -0.05) is 6.92 Å². The SMILES string of the molecule is CC(=O)N1CCN(c2nncc(Nc3ccc(N4CCC(C)CC4)cc3)n2)CC1. The van der Waals surface area contributed by atoms with Crippen LogP contribution in [0.3, 0.4) is 0 Å². The molecule has 1 aromatic heterocycles. The molecule has 2 aliphatic heterocycles. The number of nitrogens with zero attached hydrogens (tertiary/aromatic N) is 6. The molecule has 0 bridgehead atoms. The van der Waals surface area contributed by atoms with Gasteiger partial charge in [-0.05, 0) is 43.0 Å². The van der Waals surface area contributed by atoms with Crippen LogP contribution in [-0.4, -0.2) is 65.3 Å². The maximum atomic E-state index is 11.5. The Kier molecular flexibility index (Phi) is 5.78. The van der Waals surface area contributed by atoms with Crippen LogP contribution in [0, 0.1) is 5.92 Å². The maximum absolute atomic E-state index is 11.5. The fourth-order valence-electron chi connectivity index (χ4n) is 3.88. The summed E-state index contributed by atoms with van der Waals surface area (Å²) >= 11 is 0. The molecule has 0 saturated carbocycles. The molecule has 1 amide bonds. The van der Waals surface area contributed by atoms with E-state index in [2.05, 4.69) is 61.5 Å². The number of anilines is 4. The summed E-state index contributed by atoms with van der Waals surface area (Å²) in [4.78, 5) is 22.5. The van der Waals surface area contributed by atoms with Crippen LogP contribution < -0.4 is 15.1 Å². The van der Waals surface area contributed by atoms with Gasteiger partial charge in [0.1, 0.15) is 0 Å². The van der Waals surface area contributed by atoms with E-state index in [4.69, 9.17) is 0 Å². The zero-order valence-electron chi connectivity index (χ0n) is 17.2. The van der Waals surface area contributed by atoms with E-state index in [0.717, 1.165) is 24.7 Å². The molecular weight excluding hydrogens is 366 g/mol.